The molecule has 0 spiro atoms. The summed E-state index contributed by atoms with van der Waals surface area (Å²) in [6.07, 6.45) is 4.54. The third kappa shape index (κ3) is 5.37. The molecule has 0 aliphatic rings. The molecule has 0 bridgehead atoms. The Morgan fingerprint density at radius 1 is 1.31 bits per heavy atom. The van der Waals surface area contributed by atoms with Gasteiger partial charge >= 0.3 is 0 Å². The molecule has 1 aromatic rings. The van der Waals surface area contributed by atoms with Crippen molar-refractivity contribution in [2.45, 2.75) is 25.8 Å². The molecule has 0 amide bonds. The summed E-state index contributed by atoms with van der Waals surface area (Å²) in [4.78, 5) is 0. The summed E-state index contributed by atoms with van der Waals surface area (Å²) in [6.45, 7) is 3.23. The first-order valence-electron chi connectivity index (χ1n) is 5.73. The van der Waals surface area contributed by atoms with E-state index in [1.165, 1.54) is 17.7 Å². The zero-order valence-electron chi connectivity index (χ0n) is 10.0. The van der Waals surface area contributed by atoms with Crippen LogP contribution in [0.25, 0.3) is 0 Å². The molecule has 90 valence electrons. The fourth-order valence-corrected chi connectivity index (χ4v) is 2.51. The van der Waals surface area contributed by atoms with E-state index in [0.717, 1.165) is 17.4 Å². The SMILES string of the molecule is CCNC(CCSC)Cc1ccc(Br)cc1. The van der Waals surface area contributed by atoms with Gasteiger partial charge in [-0.25, -0.2) is 0 Å². The topological polar surface area (TPSA) is 12.0 Å². The molecule has 0 aromatic heterocycles. The van der Waals surface area contributed by atoms with Crippen LogP contribution in [0, 0.1) is 0 Å². The van der Waals surface area contributed by atoms with Crippen molar-refractivity contribution in [1.82, 2.24) is 5.32 Å². The van der Waals surface area contributed by atoms with Crippen molar-refractivity contribution in [3.63, 3.8) is 0 Å². The number of benzene rings is 1. The van der Waals surface area contributed by atoms with E-state index < -0.39 is 0 Å². The molecule has 0 fully saturated rings. The van der Waals surface area contributed by atoms with Gasteiger partial charge in [-0.15, -0.1) is 0 Å². The number of rotatable bonds is 7. The standard InChI is InChI=1S/C13H20BrNS/c1-3-15-13(8-9-16-2)10-11-4-6-12(14)7-5-11/h4-7,13,15H,3,8-10H2,1-2H3. The number of hydrogen-bond acceptors (Lipinski definition) is 2. The summed E-state index contributed by atoms with van der Waals surface area (Å²) in [6, 6.07) is 9.25. The monoisotopic (exact) mass is 301 g/mol. The first kappa shape index (κ1) is 14.1. The van der Waals surface area contributed by atoms with E-state index in [-0.39, 0.29) is 0 Å². The molecule has 0 radical (unpaired) electrons. The predicted octanol–water partition coefficient (Wildman–Crippen LogP) is 3.72. The lowest BCUT2D eigenvalue weighted by atomic mass is 10.0. The lowest BCUT2D eigenvalue weighted by Crippen LogP contribution is -2.31. The highest BCUT2D eigenvalue weighted by molar-refractivity contribution is 9.10. The van der Waals surface area contributed by atoms with Gasteiger partial charge in [0.25, 0.3) is 0 Å². The Hall–Kier alpha value is 0.01000. The van der Waals surface area contributed by atoms with Crippen molar-refractivity contribution in [2.75, 3.05) is 18.6 Å². The van der Waals surface area contributed by atoms with Crippen LogP contribution in [0.4, 0.5) is 0 Å². The van der Waals surface area contributed by atoms with Crippen LogP contribution in [0.1, 0.15) is 18.9 Å². The smallest absolute Gasteiger partial charge is 0.0175 e. The molecule has 1 nitrogen and oxygen atoms in total. The average Bonchev–Trinajstić information content (AvgIpc) is 2.29. The van der Waals surface area contributed by atoms with Gasteiger partial charge in [0.05, 0.1) is 0 Å². The number of hydrogen-bond donors (Lipinski definition) is 1. The summed E-state index contributed by atoms with van der Waals surface area (Å²) in [5.41, 5.74) is 1.41. The van der Waals surface area contributed by atoms with Crippen molar-refractivity contribution in [2.24, 2.45) is 0 Å². The predicted molar refractivity (Wildman–Crippen MR) is 78.3 cm³/mol. The molecule has 0 saturated carbocycles. The third-order valence-electron chi connectivity index (χ3n) is 2.56. The van der Waals surface area contributed by atoms with E-state index in [1.807, 2.05) is 11.8 Å². The summed E-state index contributed by atoms with van der Waals surface area (Å²) in [5.74, 6) is 1.23. The maximum atomic E-state index is 3.56. The van der Waals surface area contributed by atoms with Crippen molar-refractivity contribution >= 4 is 27.7 Å². The third-order valence-corrected chi connectivity index (χ3v) is 3.73. The Labute approximate surface area is 112 Å². The van der Waals surface area contributed by atoms with Crippen LogP contribution in [0.3, 0.4) is 0 Å². The molecule has 0 saturated heterocycles. The maximum absolute atomic E-state index is 3.56. The molecule has 1 aromatic carbocycles. The van der Waals surface area contributed by atoms with Gasteiger partial charge in [0.15, 0.2) is 0 Å². The van der Waals surface area contributed by atoms with Gasteiger partial charge in [0.1, 0.15) is 0 Å². The maximum Gasteiger partial charge on any atom is 0.0175 e. The van der Waals surface area contributed by atoms with Crippen LogP contribution in [-0.4, -0.2) is 24.6 Å². The number of nitrogens with one attached hydrogen (secondary N) is 1. The quantitative estimate of drug-likeness (QED) is 0.824. The van der Waals surface area contributed by atoms with Crippen LogP contribution in [-0.2, 0) is 6.42 Å². The Morgan fingerprint density at radius 2 is 2.00 bits per heavy atom. The highest BCUT2D eigenvalue weighted by atomic mass is 79.9. The zero-order chi connectivity index (χ0) is 11.8. The second-order valence-electron chi connectivity index (χ2n) is 3.87. The fourth-order valence-electron chi connectivity index (χ4n) is 1.73. The summed E-state index contributed by atoms with van der Waals surface area (Å²) in [5, 5.41) is 3.56. The van der Waals surface area contributed by atoms with Crippen molar-refractivity contribution in [3.05, 3.63) is 34.3 Å². The highest BCUT2D eigenvalue weighted by Gasteiger charge is 2.07. The molecule has 1 unspecified atom stereocenters. The second-order valence-corrected chi connectivity index (χ2v) is 5.77. The fraction of sp³-hybridized carbons (Fsp3) is 0.538. The van der Waals surface area contributed by atoms with Crippen LogP contribution < -0.4 is 5.32 Å². The average molecular weight is 302 g/mol. The first-order valence-corrected chi connectivity index (χ1v) is 7.91. The van der Waals surface area contributed by atoms with Crippen LogP contribution >= 0.6 is 27.7 Å². The Balaban J connectivity index is 2.49. The van der Waals surface area contributed by atoms with Gasteiger partial charge in [-0.05, 0) is 49.1 Å². The van der Waals surface area contributed by atoms with E-state index in [9.17, 15) is 0 Å². The van der Waals surface area contributed by atoms with Gasteiger partial charge in [0.2, 0.25) is 0 Å². The highest BCUT2D eigenvalue weighted by Crippen LogP contribution is 2.13. The molecule has 3 heteroatoms. The molecule has 0 heterocycles. The normalized spacial score (nSPS) is 12.7. The lowest BCUT2D eigenvalue weighted by molar-refractivity contribution is 0.513. The van der Waals surface area contributed by atoms with E-state index in [1.54, 1.807) is 0 Å². The van der Waals surface area contributed by atoms with Gasteiger partial charge in [-0.3, -0.25) is 0 Å². The molecule has 0 aliphatic carbocycles. The number of thioether (sulfide) groups is 1. The molecular formula is C13H20BrNS. The minimum atomic E-state index is 0.610. The molecule has 1 atom stereocenters. The van der Waals surface area contributed by atoms with Gasteiger partial charge in [-0.1, -0.05) is 35.0 Å². The van der Waals surface area contributed by atoms with Crippen molar-refractivity contribution < 1.29 is 0 Å². The number of halogens is 1. The largest absolute Gasteiger partial charge is 0.314 e. The van der Waals surface area contributed by atoms with Crippen LogP contribution in [0.2, 0.25) is 0 Å². The summed E-state index contributed by atoms with van der Waals surface area (Å²) >= 11 is 5.39. The second kappa shape index (κ2) is 8.15. The molecule has 1 rings (SSSR count). The van der Waals surface area contributed by atoms with E-state index in [2.05, 4.69) is 58.7 Å². The Bertz CT molecular complexity index is 286. The minimum absolute atomic E-state index is 0.610. The molecular weight excluding hydrogens is 282 g/mol. The molecule has 0 aliphatic heterocycles. The van der Waals surface area contributed by atoms with Crippen LogP contribution in [0.5, 0.6) is 0 Å². The van der Waals surface area contributed by atoms with Gasteiger partial charge < -0.3 is 5.32 Å². The summed E-state index contributed by atoms with van der Waals surface area (Å²) < 4.78 is 1.15. The van der Waals surface area contributed by atoms with Crippen LogP contribution in [0.15, 0.2) is 28.7 Å². The zero-order valence-corrected chi connectivity index (χ0v) is 12.4. The van der Waals surface area contributed by atoms with E-state index in [0.29, 0.717) is 6.04 Å². The van der Waals surface area contributed by atoms with Crippen molar-refractivity contribution in [3.8, 4) is 0 Å². The summed E-state index contributed by atoms with van der Waals surface area (Å²) in [7, 11) is 0. The Morgan fingerprint density at radius 3 is 2.56 bits per heavy atom. The molecule has 16 heavy (non-hydrogen) atoms. The Kier molecular flexibility index (Phi) is 7.17. The van der Waals surface area contributed by atoms with Gasteiger partial charge in [-0.2, -0.15) is 11.8 Å². The van der Waals surface area contributed by atoms with Crippen molar-refractivity contribution in [1.29, 1.82) is 0 Å². The first-order chi connectivity index (χ1) is 7.76. The molecule has 1 N–H and O–H groups in total. The minimum Gasteiger partial charge on any atom is -0.314 e. The number of likely N-dealkylation sites (N-methyl/N-ethyl adjacent to an activating group) is 1. The van der Waals surface area contributed by atoms with Gasteiger partial charge in [0, 0.05) is 10.5 Å². The van der Waals surface area contributed by atoms with E-state index >= 15 is 0 Å². The van der Waals surface area contributed by atoms with E-state index in [4.69, 9.17) is 0 Å². The lowest BCUT2D eigenvalue weighted by Gasteiger charge is -2.17.